The average molecular weight is 194 g/mol. The fraction of sp³-hybridized carbons (Fsp3) is 0.700. The second-order valence-electron chi connectivity index (χ2n) is 4.09. The summed E-state index contributed by atoms with van der Waals surface area (Å²) in [5, 5.41) is 6.88. The molecule has 13 heavy (non-hydrogen) atoms. The van der Waals surface area contributed by atoms with Gasteiger partial charge in [0.1, 0.15) is 5.01 Å². The fourth-order valence-electron chi connectivity index (χ4n) is 2.67. The van der Waals surface area contributed by atoms with Gasteiger partial charge >= 0.3 is 0 Å². The predicted octanol–water partition coefficient (Wildman–Crippen LogP) is 2.03. The summed E-state index contributed by atoms with van der Waals surface area (Å²) in [5.41, 5.74) is 0. The van der Waals surface area contributed by atoms with Crippen LogP contribution in [0.1, 0.15) is 24.3 Å². The lowest BCUT2D eigenvalue weighted by Crippen LogP contribution is -2.19. The van der Waals surface area contributed by atoms with Crippen molar-refractivity contribution in [2.45, 2.75) is 31.8 Å². The van der Waals surface area contributed by atoms with Gasteiger partial charge in [-0.1, -0.05) is 6.42 Å². The zero-order chi connectivity index (χ0) is 8.67. The second kappa shape index (κ2) is 3.07. The van der Waals surface area contributed by atoms with E-state index < -0.39 is 0 Å². The molecule has 2 saturated carbocycles. The summed E-state index contributed by atoms with van der Waals surface area (Å²) in [4.78, 5) is 4.27. The topological polar surface area (TPSA) is 24.9 Å². The minimum absolute atomic E-state index is 0.831. The number of hydrogen-bond donors (Lipinski definition) is 1. The number of thiazole rings is 1. The van der Waals surface area contributed by atoms with Gasteiger partial charge < -0.3 is 5.32 Å². The number of fused-ring (bicyclic) bond motifs is 1. The standard InChI is InChI=1S/C10H14N2S/c1-2-7-8(3-1)10(7)12-6-9-11-4-5-13-9/h4-5,7-8,10,12H,1-3,6H2. The van der Waals surface area contributed by atoms with E-state index in [-0.39, 0.29) is 0 Å². The van der Waals surface area contributed by atoms with E-state index >= 15 is 0 Å². The third kappa shape index (κ3) is 1.40. The van der Waals surface area contributed by atoms with Crippen LogP contribution in [0.2, 0.25) is 0 Å². The van der Waals surface area contributed by atoms with E-state index in [4.69, 9.17) is 0 Å². The third-order valence-electron chi connectivity index (χ3n) is 3.38. The maximum absolute atomic E-state index is 4.27. The van der Waals surface area contributed by atoms with Crippen molar-refractivity contribution in [3.8, 4) is 0 Å². The van der Waals surface area contributed by atoms with Crippen LogP contribution in [0.4, 0.5) is 0 Å². The lowest BCUT2D eigenvalue weighted by Gasteiger charge is -2.03. The Kier molecular flexibility index (Phi) is 1.87. The first kappa shape index (κ1) is 7.94. The SMILES string of the molecule is c1csc(CNC2C3CCCC32)n1. The number of nitrogens with one attached hydrogen (secondary N) is 1. The number of hydrogen-bond acceptors (Lipinski definition) is 3. The van der Waals surface area contributed by atoms with Crippen molar-refractivity contribution in [2.24, 2.45) is 11.8 Å². The van der Waals surface area contributed by atoms with Crippen molar-refractivity contribution >= 4 is 11.3 Å². The molecule has 0 aromatic carbocycles. The monoisotopic (exact) mass is 194 g/mol. The summed E-state index contributed by atoms with van der Waals surface area (Å²) >= 11 is 1.75. The van der Waals surface area contributed by atoms with Crippen LogP contribution in [-0.4, -0.2) is 11.0 Å². The Morgan fingerprint density at radius 3 is 3.00 bits per heavy atom. The van der Waals surface area contributed by atoms with Gasteiger partial charge in [0, 0.05) is 24.2 Å². The molecule has 2 nitrogen and oxygen atoms in total. The van der Waals surface area contributed by atoms with E-state index in [1.54, 1.807) is 11.3 Å². The van der Waals surface area contributed by atoms with E-state index in [0.29, 0.717) is 0 Å². The molecule has 2 aliphatic carbocycles. The van der Waals surface area contributed by atoms with Gasteiger partial charge in [0.25, 0.3) is 0 Å². The Balaban J connectivity index is 1.50. The molecule has 2 atom stereocenters. The lowest BCUT2D eigenvalue weighted by atomic mass is 10.2. The molecule has 70 valence electrons. The van der Waals surface area contributed by atoms with Gasteiger partial charge in [-0.05, 0) is 24.7 Å². The van der Waals surface area contributed by atoms with Crippen LogP contribution < -0.4 is 5.32 Å². The molecule has 1 aromatic rings. The Labute approximate surface area is 82.4 Å². The normalized spacial score (nSPS) is 36.2. The van der Waals surface area contributed by atoms with Gasteiger partial charge in [0.05, 0.1) is 0 Å². The van der Waals surface area contributed by atoms with Crippen LogP contribution in [0.25, 0.3) is 0 Å². The molecule has 3 rings (SSSR count). The van der Waals surface area contributed by atoms with Gasteiger partial charge in [0.2, 0.25) is 0 Å². The maximum atomic E-state index is 4.27. The lowest BCUT2D eigenvalue weighted by molar-refractivity contribution is 0.559. The summed E-state index contributed by atoms with van der Waals surface area (Å²) in [5.74, 6) is 2.03. The van der Waals surface area contributed by atoms with Crippen molar-refractivity contribution in [3.63, 3.8) is 0 Å². The molecule has 0 amide bonds. The summed E-state index contributed by atoms with van der Waals surface area (Å²) < 4.78 is 0. The smallest absolute Gasteiger partial charge is 0.106 e. The van der Waals surface area contributed by atoms with Crippen molar-refractivity contribution in [3.05, 3.63) is 16.6 Å². The predicted molar refractivity (Wildman–Crippen MR) is 53.6 cm³/mol. The summed E-state index contributed by atoms with van der Waals surface area (Å²) in [6, 6.07) is 0.831. The van der Waals surface area contributed by atoms with Gasteiger partial charge in [-0.25, -0.2) is 4.98 Å². The molecule has 2 fully saturated rings. The van der Waals surface area contributed by atoms with Gasteiger partial charge in [0.15, 0.2) is 0 Å². The molecule has 1 heterocycles. The molecule has 0 aliphatic heterocycles. The highest BCUT2D eigenvalue weighted by Gasteiger charge is 2.51. The minimum atomic E-state index is 0.831. The van der Waals surface area contributed by atoms with Crippen LogP contribution in [0.3, 0.4) is 0 Å². The molecular weight excluding hydrogens is 180 g/mol. The van der Waals surface area contributed by atoms with Crippen LogP contribution in [0.5, 0.6) is 0 Å². The molecule has 0 spiro atoms. The first-order valence-corrected chi connectivity index (χ1v) is 5.95. The van der Waals surface area contributed by atoms with Crippen molar-refractivity contribution in [1.82, 2.24) is 10.3 Å². The van der Waals surface area contributed by atoms with Gasteiger partial charge in [-0.3, -0.25) is 0 Å². The van der Waals surface area contributed by atoms with Crippen LogP contribution >= 0.6 is 11.3 Å². The summed E-state index contributed by atoms with van der Waals surface area (Å²) in [7, 11) is 0. The molecular formula is C10H14N2S. The second-order valence-corrected chi connectivity index (χ2v) is 5.07. The average Bonchev–Trinajstić information content (AvgIpc) is 2.68. The highest BCUT2D eigenvalue weighted by Crippen LogP contribution is 2.51. The summed E-state index contributed by atoms with van der Waals surface area (Å²) in [6.45, 7) is 0.981. The molecule has 0 saturated heterocycles. The van der Waals surface area contributed by atoms with E-state index in [2.05, 4.69) is 10.3 Å². The highest BCUT2D eigenvalue weighted by molar-refractivity contribution is 7.09. The number of nitrogens with zero attached hydrogens (tertiary/aromatic N) is 1. The Bertz CT molecular complexity index is 273. The van der Waals surface area contributed by atoms with E-state index in [9.17, 15) is 0 Å². The van der Waals surface area contributed by atoms with Crippen LogP contribution in [-0.2, 0) is 6.54 Å². The van der Waals surface area contributed by atoms with Crippen molar-refractivity contribution in [1.29, 1.82) is 0 Å². The van der Waals surface area contributed by atoms with Gasteiger partial charge in [-0.15, -0.1) is 11.3 Å². The number of aromatic nitrogens is 1. The Morgan fingerprint density at radius 1 is 1.46 bits per heavy atom. The van der Waals surface area contributed by atoms with Gasteiger partial charge in [-0.2, -0.15) is 0 Å². The Morgan fingerprint density at radius 2 is 2.31 bits per heavy atom. The highest BCUT2D eigenvalue weighted by atomic mass is 32.1. The molecule has 1 N–H and O–H groups in total. The zero-order valence-corrected chi connectivity index (χ0v) is 8.39. The Hall–Kier alpha value is -0.410. The fourth-order valence-corrected chi connectivity index (χ4v) is 3.24. The first-order chi connectivity index (χ1) is 6.45. The molecule has 2 aliphatic rings. The largest absolute Gasteiger partial charge is 0.307 e. The summed E-state index contributed by atoms with van der Waals surface area (Å²) in [6.07, 6.45) is 6.26. The van der Waals surface area contributed by atoms with E-state index in [0.717, 1.165) is 24.4 Å². The third-order valence-corrected chi connectivity index (χ3v) is 4.16. The molecule has 1 aromatic heterocycles. The van der Waals surface area contributed by atoms with Crippen LogP contribution in [0, 0.1) is 11.8 Å². The molecule has 0 bridgehead atoms. The van der Waals surface area contributed by atoms with E-state index in [1.165, 1.54) is 24.3 Å². The maximum Gasteiger partial charge on any atom is 0.106 e. The minimum Gasteiger partial charge on any atom is -0.307 e. The van der Waals surface area contributed by atoms with Crippen molar-refractivity contribution < 1.29 is 0 Å². The molecule has 2 unspecified atom stereocenters. The van der Waals surface area contributed by atoms with Crippen LogP contribution in [0.15, 0.2) is 11.6 Å². The number of rotatable bonds is 3. The molecule has 3 heteroatoms. The molecule has 0 radical (unpaired) electrons. The van der Waals surface area contributed by atoms with Crippen molar-refractivity contribution in [2.75, 3.05) is 0 Å². The zero-order valence-electron chi connectivity index (χ0n) is 7.57. The first-order valence-electron chi connectivity index (χ1n) is 5.07. The quantitative estimate of drug-likeness (QED) is 0.796. The van der Waals surface area contributed by atoms with E-state index in [1.807, 2.05) is 11.6 Å².